The molecule has 0 N–H and O–H groups in total. The third-order valence-electron chi connectivity index (χ3n) is 1.23. The summed E-state index contributed by atoms with van der Waals surface area (Å²) in [4.78, 5) is 10.3. The van der Waals surface area contributed by atoms with Crippen LogP contribution >= 0.6 is 15.9 Å². The Balaban J connectivity index is 2.89. The Hall–Kier alpha value is -0.890. The first kappa shape index (κ1) is 8.21. The first-order valence-electron chi connectivity index (χ1n) is 3.20. The Labute approximate surface area is 73.9 Å². The molecule has 0 spiro atoms. The van der Waals surface area contributed by atoms with E-state index >= 15 is 0 Å². The summed E-state index contributed by atoms with van der Waals surface area (Å²) in [5.74, 6) is 0. The lowest BCUT2D eigenvalue weighted by atomic mass is 10.2. The van der Waals surface area contributed by atoms with Gasteiger partial charge >= 0.3 is 0 Å². The van der Waals surface area contributed by atoms with Gasteiger partial charge in [-0.2, -0.15) is 0 Å². The average Bonchev–Trinajstić information content (AvgIpc) is 1.98. The molecule has 0 saturated heterocycles. The third-order valence-corrected chi connectivity index (χ3v) is 1.75. The Morgan fingerprint density at radius 3 is 2.64 bits per heavy atom. The van der Waals surface area contributed by atoms with Gasteiger partial charge in [0.2, 0.25) is 0 Å². The molecule has 0 unspecified atom stereocenters. The molecular weight excluding hydrogens is 204 g/mol. The van der Waals surface area contributed by atoms with Crippen molar-refractivity contribution >= 4 is 22.2 Å². The van der Waals surface area contributed by atoms with Crippen molar-refractivity contribution in [3.8, 4) is 0 Å². The molecule has 0 saturated carbocycles. The number of carbonyl (C=O) groups excluding carboxylic acids is 1. The van der Waals surface area contributed by atoms with Crippen LogP contribution in [0.2, 0.25) is 0 Å². The van der Waals surface area contributed by atoms with Crippen molar-refractivity contribution < 1.29 is 4.79 Å². The highest BCUT2D eigenvalue weighted by atomic mass is 79.9. The largest absolute Gasteiger partial charge is 0.298 e. The van der Waals surface area contributed by atoms with Gasteiger partial charge in [0.1, 0.15) is 6.29 Å². The minimum absolute atomic E-state index is 0.673. The molecular formula is C9H7BrO. The van der Waals surface area contributed by atoms with Gasteiger partial charge in [-0.15, -0.1) is 0 Å². The molecule has 56 valence electrons. The molecule has 0 amide bonds. The van der Waals surface area contributed by atoms with Crippen LogP contribution in [0.25, 0.3) is 0 Å². The van der Waals surface area contributed by atoms with E-state index in [1.807, 2.05) is 24.3 Å². The number of aldehydes is 1. The molecule has 0 aromatic carbocycles. The zero-order valence-electron chi connectivity index (χ0n) is 5.83. The summed E-state index contributed by atoms with van der Waals surface area (Å²) in [6, 6.07) is 0. The summed E-state index contributed by atoms with van der Waals surface area (Å²) in [5, 5.41) is 0. The maximum Gasteiger partial charge on any atom is 0.150 e. The molecule has 1 rings (SSSR count). The van der Waals surface area contributed by atoms with Gasteiger partial charge in [-0.25, -0.2) is 0 Å². The molecule has 2 heteroatoms. The summed E-state index contributed by atoms with van der Waals surface area (Å²) in [5.41, 5.74) is 0.673. The highest BCUT2D eigenvalue weighted by Gasteiger charge is 1.89. The van der Waals surface area contributed by atoms with Crippen molar-refractivity contribution in [3.63, 3.8) is 0 Å². The predicted octanol–water partition coefficient (Wildman–Crippen LogP) is 2.52. The first-order chi connectivity index (χ1) is 5.33. The van der Waals surface area contributed by atoms with Crippen molar-refractivity contribution in [2.75, 3.05) is 0 Å². The minimum atomic E-state index is 0.673. The lowest BCUT2D eigenvalue weighted by molar-refractivity contribution is -0.104. The topological polar surface area (TPSA) is 17.1 Å². The van der Waals surface area contributed by atoms with Crippen LogP contribution in [0.5, 0.6) is 0 Å². The van der Waals surface area contributed by atoms with E-state index < -0.39 is 0 Å². The molecule has 0 aliphatic heterocycles. The van der Waals surface area contributed by atoms with Crippen LogP contribution in [0.1, 0.15) is 0 Å². The van der Waals surface area contributed by atoms with Crippen molar-refractivity contribution in [1.82, 2.24) is 0 Å². The lowest BCUT2D eigenvalue weighted by Gasteiger charge is -1.91. The van der Waals surface area contributed by atoms with Crippen LogP contribution in [-0.4, -0.2) is 6.29 Å². The SMILES string of the molecule is O=CC1=C/C=C\C=C(Br)/C=C\1. The minimum Gasteiger partial charge on any atom is -0.298 e. The Morgan fingerprint density at radius 1 is 1.18 bits per heavy atom. The van der Waals surface area contributed by atoms with Gasteiger partial charge in [-0.05, 0) is 12.2 Å². The van der Waals surface area contributed by atoms with Crippen LogP contribution in [0, 0.1) is 0 Å². The molecule has 0 atom stereocenters. The van der Waals surface area contributed by atoms with E-state index in [1.165, 1.54) is 0 Å². The van der Waals surface area contributed by atoms with Gasteiger partial charge in [0.15, 0.2) is 0 Å². The molecule has 0 bridgehead atoms. The summed E-state index contributed by atoms with van der Waals surface area (Å²) in [6.07, 6.45) is 11.8. The van der Waals surface area contributed by atoms with Crippen LogP contribution < -0.4 is 0 Å². The fourth-order valence-electron chi connectivity index (χ4n) is 0.680. The summed E-state index contributed by atoms with van der Waals surface area (Å²) < 4.78 is 0.959. The van der Waals surface area contributed by atoms with Crippen LogP contribution in [0.3, 0.4) is 0 Å². The standard InChI is InChI=1S/C9H7BrO/c10-9-4-2-1-3-8(7-11)5-6-9/h1-7H/b2-1-,3-1?,4-2?,6-5-,8-3+,8-5?,9-4+,9-6?. The van der Waals surface area contributed by atoms with E-state index in [2.05, 4.69) is 15.9 Å². The number of hydrogen-bond donors (Lipinski definition) is 0. The van der Waals surface area contributed by atoms with E-state index in [-0.39, 0.29) is 0 Å². The van der Waals surface area contributed by atoms with Crippen molar-refractivity contribution in [2.45, 2.75) is 0 Å². The van der Waals surface area contributed by atoms with E-state index in [0.29, 0.717) is 5.57 Å². The fraction of sp³-hybridized carbons (Fsp3) is 0. The molecule has 1 aliphatic carbocycles. The first-order valence-corrected chi connectivity index (χ1v) is 3.99. The maximum atomic E-state index is 10.3. The fourth-order valence-corrected chi connectivity index (χ4v) is 0.964. The number of halogens is 1. The van der Waals surface area contributed by atoms with Crippen molar-refractivity contribution in [1.29, 1.82) is 0 Å². The predicted molar refractivity (Wildman–Crippen MR) is 49.4 cm³/mol. The van der Waals surface area contributed by atoms with E-state index in [4.69, 9.17) is 0 Å². The molecule has 0 heterocycles. The van der Waals surface area contributed by atoms with Gasteiger partial charge in [0.05, 0.1) is 0 Å². The Morgan fingerprint density at radius 2 is 1.91 bits per heavy atom. The van der Waals surface area contributed by atoms with Gasteiger partial charge < -0.3 is 0 Å². The van der Waals surface area contributed by atoms with E-state index in [9.17, 15) is 4.79 Å². The zero-order chi connectivity index (χ0) is 8.10. The molecule has 1 nitrogen and oxygen atoms in total. The monoisotopic (exact) mass is 210 g/mol. The molecule has 11 heavy (non-hydrogen) atoms. The maximum absolute atomic E-state index is 10.3. The van der Waals surface area contributed by atoms with Crippen molar-refractivity contribution in [2.24, 2.45) is 0 Å². The van der Waals surface area contributed by atoms with Gasteiger partial charge in [-0.3, -0.25) is 4.79 Å². The van der Waals surface area contributed by atoms with Crippen LogP contribution in [0.15, 0.2) is 46.5 Å². The molecule has 0 aromatic rings. The highest BCUT2D eigenvalue weighted by molar-refractivity contribution is 9.11. The zero-order valence-corrected chi connectivity index (χ0v) is 7.41. The number of carbonyl (C=O) groups is 1. The van der Waals surface area contributed by atoms with E-state index in [1.54, 1.807) is 12.2 Å². The number of allylic oxidation sites excluding steroid dienone is 8. The van der Waals surface area contributed by atoms with E-state index in [0.717, 1.165) is 10.8 Å². The molecule has 1 aliphatic rings. The Bertz CT molecular complexity index is 269. The second-order valence-corrected chi connectivity index (χ2v) is 2.97. The number of rotatable bonds is 1. The van der Waals surface area contributed by atoms with Gasteiger partial charge in [-0.1, -0.05) is 40.2 Å². The quantitative estimate of drug-likeness (QED) is 0.609. The summed E-state index contributed by atoms with van der Waals surface area (Å²) in [6.45, 7) is 0. The van der Waals surface area contributed by atoms with Gasteiger partial charge in [0.25, 0.3) is 0 Å². The second kappa shape index (κ2) is 4.09. The van der Waals surface area contributed by atoms with Gasteiger partial charge in [0, 0.05) is 10.1 Å². The smallest absolute Gasteiger partial charge is 0.150 e. The molecule has 0 aromatic heterocycles. The average molecular weight is 211 g/mol. The lowest BCUT2D eigenvalue weighted by Crippen LogP contribution is -1.78. The summed E-state index contributed by atoms with van der Waals surface area (Å²) >= 11 is 3.31. The number of hydrogen-bond acceptors (Lipinski definition) is 1. The Kier molecular flexibility index (Phi) is 3.05. The molecule has 0 radical (unpaired) electrons. The normalized spacial score (nSPS) is 31.7. The van der Waals surface area contributed by atoms with Crippen LogP contribution in [0.4, 0.5) is 0 Å². The summed E-state index contributed by atoms with van der Waals surface area (Å²) in [7, 11) is 0. The highest BCUT2D eigenvalue weighted by Crippen LogP contribution is 2.10. The van der Waals surface area contributed by atoms with Crippen LogP contribution in [-0.2, 0) is 4.79 Å². The third kappa shape index (κ3) is 2.68. The second-order valence-electron chi connectivity index (χ2n) is 2.05. The molecule has 0 fully saturated rings. The van der Waals surface area contributed by atoms with Crippen molar-refractivity contribution in [3.05, 3.63) is 46.5 Å².